The van der Waals surface area contributed by atoms with Gasteiger partial charge in [0.15, 0.2) is 0 Å². The van der Waals surface area contributed by atoms with Crippen molar-refractivity contribution in [2.24, 2.45) is 0 Å². The molecule has 0 atom stereocenters. The fraction of sp³-hybridized carbons (Fsp3) is 0. The van der Waals surface area contributed by atoms with Gasteiger partial charge in [-0.05, 0) is 105 Å². The van der Waals surface area contributed by atoms with Crippen LogP contribution in [-0.2, 0) is 0 Å². The Morgan fingerprint density at radius 1 is 0.340 bits per heavy atom. The smallest absolute Gasteiger partial charge is 0.0541 e. The van der Waals surface area contributed by atoms with Crippen molar-refractivity contribution in [3.63, 3.8) is 0 Å². The van der Waals surface area contributed by atoms with Crippen molar-refractivity contribution in [3.05, 3.63) is 194 Å². The van der Waals surface area contributed by atoms with Gasteiger partial charge in [0.1, 0.15) is 0 Å². The van der Waals surface area contributed by atoms with Crippen LogP contribution in [0.15, 0.2) is 194 Å². The monoisotopic (exact) mass is 692 g/mol. The SMILES string of the molecule is c1ccc(-n2c3ccccc3c3cc(-c4ccc(N(c5ccc6c(c5)sc5ccccc56)c5ccc6ccc7ccccc7c6c5)cc4)ccc32)cc1. The minimum atomic E-state index is 1.12. The predicted molar refractivity (Wildman–Crippen MR) is 229 cm³/mol. The van der Waals surface area contributed by atoms with Crippen LogP contribution < -0.4 is 4.90 Å². The lowest BCUT2D eigenvalue weighted by atomic mass is 10.0. The van der Waals surface area contributed by atoms with E-state index in [0.717, 1.165) is 17.1 Å². The zero-order valence-electron chi connectivity index (χ0n) is 28.8. The van der Waals surface area contributed by atoms with E-state index in [-0.39, 0.29) is 0 Å². The van der Waals surface area contributed by atoms with Crippen molar-refractivity contribution in [1.82, 2.24) is 4.57 Å². The Bertz CT molecular complexity index is 3170. The summed E-state index contributed by atoms with van der Waals surface area (Å²) in [6.07, 6.45) is 0. The van der Waals surface area contributed by atoms with Crippen LogP contribution in [0.1, 0.15) is 0 Å². The lowest BCUT2D eigenvalue weighted by molar-refractivity contribution is 1.18. The molecule has 0 spiro atoms. The molecule has 11 aromatic rings. The molecular weight excluding hydrogens is 661 g/mol. The van der Waals surface area contributed by atoms with Gasteiger partial charge in [-0.3, -0.25) is 0 Å². The molecule has 0 fully saturated rings. The number of para-hydroxylation sites is 2. The molecule has 0 aliphatic rings. The van der Waals surface area contributed by atoms with Crippen LogP contribution in [-0.4, -0.2) is 4.57 Å². The second-order valence-electron chi connectivity index (χ2n) is 13.8. The van der Waals surface area contributed by atoms with E-state index in [1.54, 1.807) is 0 Å². The number of aromatic nitrogens is 1. The highest BCUT2D eigenvalue weighted by Crippen LogP contribution is 2.43. The molecule has 2 nitrogen and oxygen atoms in total. The molecule has 0 amide bonds. The number of hydrogen-bond donors (Lipinski definition) is 0. The minimum absolute atomic E-state index is 1.12. The third-order valence-electron chi connectivity index (χ3n) is 10.8. The minimum Gasteiger partial charge on any atom is -0.310 e. The van der Waals surface area contributed by atoms with Crippen molar-refractivity contribution in [2.45, 2.75) is 0 Å². The number of fused-ring (bicyclic) bond motifs is 9. The third kappa shape index (κ3) is 4.86. The Morgan fingerprint density at radius 3 is 1.81 bits per heavy atom. The van der Waals surface area contributed by atoms with E-state index in [1.807, 2.05) is 11.3 Å². The normalized spacial score (nSPS) is 11.8. The number of anilines is 3. The van der Waals surface area contributed by atoms with Crippen LogP contribution >= 0.6 is 11.3 Å². The van der Waals surface area contributed by atoms with Crippen molar-refractivity contribution in [2.75, 3.05) is 4.90 Å². The van der Waals surface area contributed by atoms with Crippen LogP contribution in [0, 0.1) is 0 Å². The van der Waals surface area contributed by atoms with Crippen LogP contribution in [0.3, 0.4) is 0 Å². The number of hydrogen-bond acceptors (Lipinski definition) is 2. The molecule has 2 aromatic heterocycles. The highest BCUT2D eigenvalue weighted by Gasteiger charge is 2.17. The molecule has 248 valence electrons. The van der Waals surface area contributed by atoms with Gasteiger partial charge in [0.2, 0.25) is 0 Å². The summed E-state index contributed by atoms with van der Waals surface area (Å²) in [4.78, 5) is 2.41. The molecular formula is C50H32N2S. The Kier molecular flexibility index (Phi) is 6.76. The van der Waals surface area contributed by atoms with Gasteiger partial charge in [-0.25, -0.2) is 0 Å². The summed E-state index contributed by atoms with van der Waals surface area (Å²) in [5, 5.41) is 10.2. The van der Waals surface area contributed by atoms with E-state index < -0.39 is 0 Å². The van der Waals surface area contributed by atoms with Crippen LogP contribution in [0.25, 0.3) is 80.3 Å². The van der Waals surface area contributed by atoms with Gasteiger partial charge in [0.25, 0.3) is 0 Å². The summed E-state index contributed by atoms with van der Waals surface area (Å²) in [6, 6.07) is 71.0. The number of thiophene rings is 1. The summed E-state index contributed by atoms with van der Waals surface area (Å²) in [5.74, 6) is 0. The molecule has 0 bridgehead atoms. The largest absolute Gasteiger partial charge is 0.310 e. The first-order chi connectivity index (χ1) is 26.3. The van der Waals surface area contributed by atoms with Crippen molar-refractivity contribution in [1.29, 1.82) is 0 Å². The van der Waals surface area contributed by atoms with Gasteiger partial charge < -0.3 is 9.47 Å². The summed E-state index contributed by atoms with van der Waals surface area (Å²) in [5.41, 5.74) is 9.40. The second-order valence-corrected chi connectivity index (χ2v) is 14.9. The standard InChI is InChI=1S/C50H32N2S/c1-2-11-37(12-3-1)52-47-16-8-6-14-42(47)46-30-36(23-29-48(46)52)33-20-24-38(25-21-33)51(40-27-28-44-43-15-7-9-17-49(43)53-50(44)32-40)39-26-22-35-19-18-34-10-4-5-13-41(34)45(35)31-39/h1-32H. The van der Waals surface area contributed by atoms with E-state index in [4.69, 9.17) is 0 Å². The summed E-state index contributed by atoms with van der Waals surface area (Å²) < 4.78 is 4.98. The van der Waals surface area contributed by atoms with Crippen LogP contribution in [0.2, 0.25) is 0 Å². The van der Waals surface area contributed by atoms with E-state index >= 15 is 0 Å². The molecule has 0 aliphatic heterocycles. The third-order valence-corrected chi connectivity index (χ3v) is 11.9. The zero-order valence-corrected chi connectivity index (χ0v) is 29.6. The fourth-order valence-corrected chi connectivity index (χ4v) is 9.38. The number of nitrogens with zero attached hydrogens (tertiary/aromatic N) is 2. The fourth-order valence-electron chi connectivity index (χ4n) is 8.24. The van der Waals surface area contributed by atoms with Crippen LogP contribution in [0.5, 0.6) is 0 Å². The number of rotatable bonds is 5. The van der Waals surface area contributed by atoms with E-state index in [1.165, 1.54) is 80.3 Å². The first-order valence-corrected chi connectivity index (χ1v) is 18.9. The molecule has 0 saturated carbocycles. The van der Waals surface area contributed by atoms with Crippen LogP contribution in [0.4, 0.5) is 17.1 Å². The quantitative estimate of drug-likeness (QED) is 0.163. The molecule has 0 radical (unpaired) electrons. The van der Waals surface area contributed by atoms with Crippen molar-refractivity contribution in [3.8, 4) is 16.8 Å². The first-order valence-electron chi connectivity index (χ1n) is 18.1. The van der Waals surface area contributed by atoms with Gasteiger partial charge >= 0.3 is 0 Å². The second kappa shape index (κ2) is 11.9. The molecule has 0 aliphatic carbocycles. The van der Waals surface area contributed by atoms with Gasteiger partial charge in [0, 0.05) is 53.7 Å². The molecule has 0 N–H and O–H groups in total. The van der Waals surface area contributed by atoms with Gasteiger partial charge in [-0.1, -0.05) is 121 Å². The molecule has 11 rings (SSSR count). The summed E-state index contributed by atoms with van der Waals surface area (Å²) >= 11 is 1.86. The van der Waals surface area contributed by atoms with E-state index in [2.05, 4.69) is 204 Å². The van der Waals surface area contributed by atoms with Crippen molar-refractivity contribution >= 4 is 91.9 Å². The molecule has 3 heteroatoms. The maximum absolute atomic E-state index is 2.41. The lowest BCUT2D eigenvalue weighted by Gasteiger charge is -2.26. The molecule has 53 heavy (non-hydrogen) atoms. The Morgan fingerprint density at radius 2 is 0.943 bits per heavy atom. The molecule has 9 aromatic carbocycles. The predicted octanol–water partition coefficient (Wildman–Crippen LogP) is 14.6. The summed E-state index contributed by atoms with van der Waals surface area (Å²) in [6.45, 7) is 0. The number of benzene rings is 9. The topological polar surface area (TPSA) is 8.17 Å². The first kappa shape index (κ1) is 30.0. The molecule has 2 heterocycles. The lowest BCUT2D eigenvalue weighted by Crippen LogP contribution is -2.09. The van der Waals surface area contributed by atoms with Crippen molar-refractivity contribution < 1.29 is 0 Å². The Labute approximate surface area is 311 Å². The Balaban J connectivity index is 1.06. The van der Waals surface area contributed by atoms with Gasteiger partial charge in [-0.15, -0.1) is 11.3 Å². The van der Waals surface area contributed by atoms with Gasteiger partial charge in [-0.2, -0.15) is 0 Å². The molecule has 0 saturated heterocycles. The van der Waals surface area contributed by atoms with E-state index in [0.29, 0.717) is 0 Å². The maximum Gasteiger partial charge on any atom is 0.0541 e. The highest BCUT2D eigenvalue weighted by atomic mass is 32.1. The average Bonchev–Trinajstić information content (AvgIpc) is 3.76. The molecule has 0 unspecified atom stereocenters. The Hall–Kier alpha value is -6.68. The summed E-state index contributed by atoms with van der Waals surface area (Å²) in [7, 11) is 0. The average molecular weight is 693 g/mol. The van der Waals surface area contributed by atoms with Gasteiger partial charge in [0.05, 0.1) is 11.0 Å². The highest BCUT2D eigenvalue weighted by molar-refractivity contribution is 7.25. The van der Waals surface area contributed by atoms with E-state index in [9.17, 15) is 0 Å². The maximum atomic E-state index is 2.41. The zero-order chi connectivity index (χ0) is 34.9.